The molecule has 3 heterocycles. The van der Waals surface area contributed by atoms with Crippen molar-refractivity contribution < 1.29 is 23.1 Å². The van der Waals surface area contributed by atoms with Gasteiger partial charge in [0.2, 0.25) is 10.0 Å². The zero-order valence-electron chi connectivity index (χ0n) is 26.2. The largest absolute Gasteiger partial charge is 0.487 e. The number of ether oxygens (including phenoxy) is 1. The number of carbonyl (C=O) groups is 1. The highest BCUT2D eigenvalue weighted by Crippen LogP contribution is 2.48. The molecular formula is C35H41ClN4O5S. The number of aryl methyl sites for hydroxylation is 1. The average molecular weight is 665 g/mol. The van der Waals surface area contributed by atoms with Crippen LogP contribution in [0.25, 0.3) is 0 Å². The van der Waals surface area contributed by atoms with Crippen molar-refractivity contribution in [3.8, 4) is 5.75 Å². The van der Waals surface area contributed by atoms with E-state index in [0.717, 1.165) is 48.9 Å². The van der Waals surface area contributed by atoms with E-state index < -0.39 is 26.8 Å². The summed E-state index contributed by atoms with van der Waals surface area (Å²) in [6.45, 7) is 5.07. The Hall–Kier alpha value is -3.47. The maximum atomic E-state index is 13.4. The van der Waals surface area contributed by atoms with Crippen LogP contribution in [-0.4, -0.2) is 47.7 Å². The molecule has 0 radical (unpaired) electrons. The number of sulfonamides is 1. The minimum atomic E-state index is -4.00. The van der Waals surface area contributed by atoms with Crippen LogP contribution in [0.4, 0.5) is 5.69 Å². The van der Waals surface area contributed by atoms with Crippen LogP contribution in [0.3, 0.4) is 0 Å². The van der Waals surface area contributed by atoms with Gasteiger partial charge in [0, 0.05) is 35.8 Å². The second-order valence-corrected chi connectivity index (χ2v) is 15.4. The number of aromatic nitrogens is 2. The number of aliphatic hydroxyl groups is 1. The first-order chi connectivity index (χ1) is 22.0. The molecule has 3 aliphatic rings. The predicted octanol–water partition coefficient (Wildman–Crippen LogP) is 5.81. The Labute approximate surface area is 276 Å². The lowest BCUT2D eigenvalue weighted by atomic mass is 9.63. The number of nitrogens with zero attached hydrogens (tertiary/aromatic N) is 3. The van der Waals surface area contributed by atoms with E-state index in [0.29, 0.717) is 42.6 Å². The summed E-state index contributed by atoms with van der Waals surface area (Å²) < 4.78 is 35.5. The number of fused-ring (bicyclic) bond motifs is 3. The molecule has 0 unspecified atom stereocenters. The van der Waals surface area contributed by atoms with Crippen molar-refractivity contribution in [2.75, 3.05) is 18.0 Å². The number of hydrogen-bond donors (Lipinski definition) is 2. The SMILES string of the molecule is C[C@@H]1[C@@H](C)C/C=C/[C@](O)(c2ccncn2)[C@@H]2CC[C@H]2CN2CCCCc3cc(Cl)ccc3COc3ccc(cc32)C(=O)NS1(=O)=O. The van der Waals surface area contributed by atoms with Crippen LogP contribution >= 0.6 is 11.6 Å². The van der Waals surface area contributed by atoms with Crippen LogP contribution in [0.2, 0.25) is 5.02 Å². The van der Waals surface area contributed by atoms with E-state index >= 15 is 0 Å². The second kappa shape index (κ2) is 13.3. The molecular weight excluding hydrogens is 624 g/mol. The Morgan fingerprint density at radius 2 is 1.93 bits per heavy atom. The molecule has 3 aromatic rings. The topological polar surface area (TPSA) is 122 Å². The summed E-state index contributed by atoms with van der Waals surface area (Å²) in [5, 5.41) is 12.2. The highest BCUT2D eigenvalue weighted by molar-refractivity contribution is 7.90. The van der Waals surface area contributed by atoms with Crippen LogP contribution in [0.5, 0.6) is 5.75 Å². The molecule has 1 aromatic heterocycles. The molecule has 1 fully saturated rings. The molecule has 244 valence electrons. The van der Waals surface area contributed by atoms with Gasteiger partial charge in [0.15, 0.2) is 0 Å². The Morgan fingerprint density at radius 3 is 2.70 bits per heavy atom. The van der Waals surface area contributed by atoms with Gasteiger partial charge in [-0.2, -0.15) is 0 Å². The van der Waals surface area contributed by atoms with Crippen molar-refractivity contribution >= 4 is 33.2 Å². The monoisotopic (exact) mass is 664 g/mol. The van der Waals surface area contributed by atoms with Crippen molar-refractivity contribution in [3.63, 3.8) is 0 Å². The first-order valence-corrected chi connectivity index (χ1v) is 18.0. The summed E-state index contributed by atoms with van der Waals surface area (Å²) in [6, 6.07) is 12.7. The van der Waals surface area contributed by atoms with Crippen LogP contribution < -0.4 is 14.4 Å². The summed E-state index contributed by atoms with van der Waals surface area (Å²) in [6.07, 6.45) is 11.5. The number of amides is 1. The van der Waals surface area contributed by atoms with Crippen LogP contribution in [0, 0.1) is 17.8 Å². The van der Waals surface area contributed by atoms with Gasteiger partial charge in [-0.05, 0) is 105 Å². The third-order valence-electron chi connectivity index (χ3n) is 10.1. The van der Waals surface area contributed by atoms with Crippen molar-refractivity contribution in [1.82, 2.24) is 14.7 Å². The van der Waals surface area contributed by atoms with Crippen LogP contribution in [-0.2, 0) is 28.7 Å². The molecule has 6 rings (SSSR count). The minimum Gasteiger partial charge on any atom is -0.487 e. The number of benzene rings is 2. The lowest BCUT2D eigenvalue weighted by Crippen LogP contribution is -2.49. The predicted molar refractivity (Wildman–Crippen MR) is 178 cm³/mol. The zero-order valence-corrected chi connectivity index (χ0v) is 27.8. The lowest BCUT2D eigenvalue weighted by molar-refractivity contribution is -0.0529. The molecule has 0 spiro atoms. The fourth-order valence-corrected chi connectivity index (χ4v) is 8.38. The summed E-state index contributed by atoms with van der Waals surface area (Å²) in [5.74, 6) is -0.384. The van der Waals surface area contributed by atoms with Crippen LogP contribution in [0.1, 0.15) is 73.1 Å². The standard InChI is InChI=1S/C35H41ClN4O5S/c1-23-6-5-15-35(42,33-14-16-37-22-38-33)30-12-9-27(30)20-40-17-4-3-7-25-18-29(36)11-8-28(25)21-45-32-13-10-26(19-31(32)40)34(41)39-46(43,44)24(23)2/h5,8,10-11,13-16,18-19,22-24,27,30,42H,3-4,6-7,9,12,17,20-21H2,1-2H3,(H,39,41)/b15-5+/t23-,24+,27-,30+,35+/m0/s1. The Bertz CT molecular complexity index is 1720. The van der Waals surface area contributed by atoms with Gasteiger partial charge in [0.25, 0.3) is 5.91 Å². The van der Waals surface area contributed by atoms with Gasteiger partial charge in [-0.25, -0.2) is 23.1 Å². The summed E-state index contributed by atoms with van der Waals surface area (Å²) >= 11 is 6.34. The maximum Gasteiger partial charge on any atom is 0.264 e. The van der Waals surface area contributed by atoms with Gasteiger partial charge in [-0.1, -0.05) is 36.7 Å². The zero-order chi connectivity index (χ0) is 32.5. The highest BCUT2D eigenvalue weighted by Gasteiger charge is 2.47. The van der Waals surface area contributed by atoms with E-state index in [2.05, 4.69) is 19.6 Å². The fourth-order valence-electron chi connectivity index (χ4n) is 6.90. The average Bonchev–Trinajstić information content (AvgIpc) is 3.05. The Balaban J connectivity index is 1.43. The molecule has 9 nitrogen and oxygen atoms in total. The molecule has 2 aliphatic heterocycles. The first-order valence-electron chi connectivity index (χ1n) is 16.1. The molecule has 2 aromatic carbocycles. The summed E-state index contributed by atoms with van der Waals surface area (Å²) in [4.78, 5) is 24.2. The van der Waals surface area contributed by atoms with E-state index in [1.807, 2.05) is 31.2 Å². The van der Waals surface area contributed by atoms with Gasteiger partial charge in [-0.15, -0.1) is 0 Å². The number of nitrogens with one attached hydrogen (secondary N) is 1. The molecule has 1 aliphatic carbocycles. The number of carbonyl (C=O) groups excluding carboxylic acids is 1. The molecule has 0 saturated heterocycles. The maximum absolute atomic E-state index is 13.4. The molecule has 2 N–H and O–H groups in total. The first kappa shape index (κ1) is 32.5. The van der Waals surface area contributed by atoms with Crippen molar-refractivity contribution in [3.05, 3.63) is 94.5 Å². The molecule has 2 bridgehead atoms. The Kier molecular flexibility index (Phi) is 9.41. The van der Waals surface area contributed by atoms with E-state index in [9.17, 15) is 18.3 Å². The molecule has 1 amide bonds. The van der Waals surface area contributed by atoms with Gasteiger partial charge >= 0.3 is 0 Å². The number of halogens is 1. The van der Waals surface area contributed by atoms with E-state index in [1.54, 1.807) is 43.5 Å². The second-order valence-electron chi connectivity index (χ2n) is 12.9. The third kappa shape index (κ3) is 6.66. The van der Waals surface area contributed by atoms with Crippen molar-refractivity contribution in [1.29, 1.82) is 0 Å². The number of rotatable bonds is 1. The lowest BCUT2D eigenvalue weighted by Gasteiger charge is -2.48. The fraction of sp³-hybridized carbons (Fsp3) is 0.457. The van der Waals surface area contributed by atoms with Gasteiger partial charge in [0.1, 0.15) is 24.3 Å². The van der Waals surface area contributed by atoms with Crippen molar-refractivity contribution in [2.45, 2.75) is 69.8 Å². The van der Waals surface area contributed by atoms with E-state index in [4.69, 9.17) is 16.3 Å². The molecule has 11 heteroatoms. The summed E-state index contributed by atoms with van der Waals surface area (Å²) in [7, 11) is -4.00. The third-order valence-corrected chi connectivity index (χ3v) is 12.2. The van der Waals surface area contributed by atoms with E-state index in [-0.39, 0.29) is 23.3 Å². The van der Waals surface area contributed by atoms with Crippen LogP contribution in [0.15, 0.2) is 67.1 Å². The minimum absolute atomic E-state index is 0.122. The molecule has 46 heavy (non-hydrogen) atoms. The number of hydrogen-bond acceptors (Lipinski definition) is 8. The Morgan fingerprint density at radius 1 is 1.09 bits per heavy atom. The summed E-state index contributed by atoms with van der Waals surface area (Å²) in [5.41, 5.74) is 2.34. The quantitative estimate of drug-likeness (QED) is 0.313. The smallest absolute Gasteiger partial charge is 0.264 e. The highest BCUT2D eigenvalue weighted by atomic mass is 35.5. The molecule has 5 atom stereocenters. The molecule has 1 saturated carbocycles. The van der Waals surface area contributed by atoms with Crippen molar-refractivity contribution in [2.24, 2.45) is 17.8 Å². The number of allylic oxidation sites excluding steroid dienone is 1. The van der Waals surface area contributed by atoms with Gasteiger partial charge < -0.3 is 14.7 Å². The van der Waals surface area contributed by atoms with Gasteiger partial charge in [-0.3, -0.25) is 4.79 Å². The number of anilines is 1. The van der Waals surface area contributed by atoms with Gasteiger partial charge in [0.05, 0.1) is 16.6 Å². The van der Waals surface area contributed by atoms with E-state index in [1.165, 1.54) is 6.33 Å². The normalized spacial score (nSPS) is 29.0.